The number of hydrogen-bond donors (Lipinski definition) is 1. The van der Waals surface area contributed by atoms with E-state index in [2.05, 4.69) is 53.4 Å². The number of ether oxygens (including phenoxy) is 1. The molecule has 1 amide bonds. The molecule has 0 radical (unpaired) electrons. The first-order valence-corrected chi connectivity index (χ1v) is 11.5. The smallest absolute Gasteiger partial charge is 0.410 e. The zero-order valence-corrected chi connectivity index (χ0v) is 19.6. The molecule has 33 heavy (non-hydrogen) atoms. The molecule has 2 aliphatic rings. The Kier molecular flexibility index (Phi) is 6.72. The van der Waals surface area contributed by atoms with Crippen molar-refractivity contribution in [3.8, 4) is 0 Å². The van der Waals surface area contributed by atoms with Crippen LogP contribution < -0.4 is 0 Å². The minimum absolute atomic E-state index is 0.134. The normalized spacial score (nSPS) is 20.5. The van der Waals surface area contributed by atoms with Gasteiger partial charge in [0.25, 0.3) is 0 Å². The van der Waals surface area contributed by atoms with Gasteiger partial charge in [0, 0.05) is 32.2 Å². The number of aliphatic carboxylic acids is 1. The summed E-state index contributed by atoms with van der Waals surface area (Å²) in [5, 5.41) is 9.91. The average Bonchev–Trinajstić information content (AvgIpc) is 2.75. The third-order valence-corrected chi connectivity index (χ3v) is 6.31. The number of carboxylic acids is 1. The number of carbonyl (C=O) groups is 2. The molecule has 7 nitrogen and oxygen atoms in total. The van der Waals surface area contributed by atoms with Gasteiger partial charge in [0.15, 0.2) is 0 Å². The van der Waals surface area contributed by atoms with E-state index in [1.54, 1.807) is 0 Å². The number of nitrogens with zero attached hydrogens (tertiary/aromatic N) is 3. The maximum absolute atomic E-state index is 12.5. The van der Waals surface area contributed by atoms with E-state index in [0.29, 0.717) is 13.1 Å². The predicted molar refractivity (Wildman–Crippen MR) is 126 cm³/mol. The van der Waals surface area contributed by atoms with Gasteiger partial charge in [0.05, 0.1) is 12.6 Å². The number of hydrogen-bond acceptors (Lipinski definition) is 5. The molecule has 0 aromatic heterocycles. The van der Waals surface area contributed by atoms with E-state index < -0.39 is 23.7 Å². The number of benzene rings is 2. The van der Waals surface area contributed by atoms with E-state index in [1.165, 1.54) is 16.0 Å². The van der Waals surface area contributed by atoms with Crippen molar-refractivity contribution < 1.29 is 19.4 Å². The molecule has 0 spiro atoms. The van der Waals surface area contributed by atoms with E-state index in [1.807, 2.05) is 37.8 Å². The summed E-state index contributed by atoms with van der Waals surface area (Å²) in [6.07, 6.45) is -0.447. The van der Waals surface area contributed by atoms with Crippen molar-refractivity contribution in [3.63, 3.8) is 0 Å². The zero-order valence-electron chi connectivity index (χ0n) is 19.6. The lowest BCUT2D eigenvalue weighted by Gasteiger charge is -2.52. The first-order valence-electron chi connectivity index (χ1n) is 11.5. The number of likely N-dealkylation sites (tertiary alicyclic amines) is 1. The first-order chi connectivity index (χ1) is 15.7. The average molecular weight is 452 g/mol. The summed E-state index contributed by atoms with van der Waals surface area (Å²) in [5.41, 5.74) is 1.85. The third-order valence-electron chi connectivity index (χ3n) is 6.31. The molecule has 2 heterocycles. The maximum Gasteiger partial charge on any atom is 0.410 e. The predicted octanol–water partition coefficient (Wildman–Crippen LogP) is 3.47. The lowest BCUT2D eigenvalue weighted by Crippen LogP contribution is -2.68. The largest absolute Gasteiger partial charge is 0.480 e. The van der Waals surface area contributed by atoms with Crippen LogP contribution in [-0.4, -0.2) is 82.3 Å². The van der Waals surface area contributed by atoms with Crippen molar-refractivity contribution in [2.45, 2.75) is 44.5 Å². The van der Waals surface area contributed by atoms with E-state index in [4.69, 9.17) is 4.74 Å². The van der Waals surface area contributed by atoms with Crippen LogP contribution in [0.1, 0.15) is 37.9 Å². The van der Waals surface area contributed by atoms with Crippen LogP contribution in [0.5, 0.6) is 0 Å². The Hall–Kier alpha value is -2.90. The highest BCUT2D eigenvalue weighted by molar-refractivity contribution is 5.76. The summed E-state index contributed by atoms with van der Waals surface area (Å²) in [7, 11) is 0. The quantitative estimate of drug-likeness (QED) is 0.751. The second kappa shape index (κ2) is 9.53. The highest BCUT2D eigenvalue weighted by atomic mass is 16.6. The molecule has 1 N–H and O–H groups in total. The van der Waals surface area contributed by atoms with Gasteiger partial charge in [-0.2, -0.15) is 0 Å². The van der Waals surface area contributed by atoms with Crippen LogP contribution in [0.25, 0.3) is 0 Å². The van der Waals surface area contributed by atoms with Gasteiger partial charge in [-0.25, -0.2) is 4.79 Å². The number of carbonyl (C=O) groups excluding carboxylic acids is 1. The van der Waals surface area contributed by atoms with Crippen LogP contribution in [0, 0.1) is 0 Å². The SMILES string of the molecule is CC(C)(C)OC(=O)N1CCN(C2CN(C(c3ccccc3)c3ccccc3)C2)C(C(=O)O)C1. The molecule has 0 aliphatic carbocycles. The Bertz CT molecular complexity index is 915. The highest BCUT2D eigenvalue weighted by Gasteiger charge is 2.44. The summed E-state index contributed by atoms with van der Waals surface area (Å²) in [5.74, 6) is -0.899. The molecule has 4 rings (SSSR count). The minimum Gasteiger partial charge on any atom is -0.480 e. The lowest BCUT2D eigenvalue weighted by atomic mass is 9.92. The molecular weight excluding hydrogens is 418 g/mol. The van der Waals surface area contributed by atoms with E-state index >= 15 is 0 Å². The fraction of sp³-hybridized carbons (Fsp3) is 0.462. The van der Waals surface area contributed by atoms with E-state index in [-0.39, 0.29) is 18.6 Å². The Morgan fingerprint density at radius 1 is 0.909 bits per heavy atom. The molecule has 2 aliphatic heterocycles. The molecular formula is C26H33N3O4. The molecule has 1 unspecified atom stereocenters. The van der Waals surface area contributed by atoms with Crippen molar-refractivity contribution in [3.05, 3.63) is 71.8 Å². The molecule has 2 aromatic carbocycles. The standard InChI is InChI=1S/C26H33N3O4/c1-26(2,3)33-25(32)27-14-15-29(22(18-27)24(30)31)21-16-28(17-21)23(19-10-6-4-7-11-19)20-12-8-5-9-13-20/h4-13,21-23H,14-18H2,1-3H3,(H,30,31). The summed E-state index contributed by atoms with van der Waals surface area (Å²) in [6.45, 7) is 8.14. The first kappa shape index (κ1) is 23.3. The third kappa shape index (κ3) is 5.37. The van der Waals surface area contributed by atoms with Crippen LogP contribution in [-0.2, 0) is 9.53 Å². The zero-order chi connectivity index (χ0) is 23.6. The lowest BCUT2D eigenvalue weighted by molar-refractivity contribution is -0.149. The van der Waals surface area contributed by atoms with Gasteiger partial charge < -0.3 is 14.7 Å². The van der Waals surface area contributed by atoms with E-state index in [0.717, 1.165) is 13.1 Å². The summed E-state index contributed by atoms with van der Waals surface area (Å²) >= 11 is 0. The van der Waals surface area contributed by atoms with Crippen molar-refractivity contribution in [2.24, 2.45) is 0 Å². The molecule has 7 heteroatoms. The monoisotopic (exact) mass is 451 g/mol. The maximum atomic E-state index is 12.5. The van der Waals surface area contributed by atoms with Crippen molar-refractivity contribution in [1.82, 2.24) is 14.7 Å². The molecule has 176 valence electrons. The van der Waals surface area contributed by atoms with Crippen molar-refractivity contribution in [1.29, 1.82) is 0 Å². The van der Waals surface area contributed by atoms with Gasteiger partial charge in [0.1, 0.15) is 11.6 Å². The second-order valence-corrected chi connectivity index (χ2v) is 9.85. The van der Waals surface area contributed by atoms with Gasteiger partial charge in [-0.3, -0.25) is 14.6 Å². The highest BCUT2D eigenvalue weighted by Crippen LogP contribution is 2.34. The van der Waals surface area contributed by atoms with Crippen LogP contribution in [0.4, 0.5) is 4.79 Å². The molecule has 2 fully saturated rings. The second-order valence-electron chi connectivity index (χ2n) is 9.85. The van der Waals surface area contributed by atoms with Crippen LogP contribution in [0.15, 0.2) is 60.7 Å². The molecule has 1 atom stereocenters. The van der Waals surface area contributed by atoms with Crippen LogP contribution in [0.2, 0.25) is 0 Å². The minimum atomic E-state index is -0.899. The molecule has 0 saturated carbocycles. The molecule has 2 saturated heterocycles. The van der Waals surface area contributed by atoms with Crippen LogP contribution in [0.3, 0.4) is 0 Å². The summed E-state index contributed by atoms with van der Waals surface area (Å²) < 4.78 is 5.46. The summed E-state index contributed by atoms with van der Waals surface area (Å²) in [6, 6.07) is 20.4. The Morgan fingerprint density at radius 2 is 1.45 bits per heavy atom. The topological polar surface area (TPSA) is 73.3 Å². The Balaban J connectivity index is 1.45. The number of piperazine rings is 1. The van der Waals surface area contributed by atoms with Crippen LogP contribution >= 0.6 is 0 Å². The van der Waals surface area contributed by atoms with Crippen molar-refractivity contribution in [2.75, 3.05) is 32.7 Å². The van der Waals surface area contributed by atoms with Crippen molar-refractivity contribution >= 4 is 12.1 Å². The number of rotatable bonds is 5. The Morgan fingerprint density at radius 3 is 1.94 bits per heavy atom. The van der Waals surface area contributed by atoms with Gasteiger partial charge in [0.2, 0.25) is 0 Å². The molecule has 2 aromatic rings. The fourth-order valence-electron chi connectivity index (χ4n) is 4.74. The van der Waals surface area contributed by atoms with Gasteiger partial charge in [-0.05, 0) is 31.9 Å². The number of carboxylic acid groups (broad SMARTS) is 1. The van der Waals surface area contributed by atoms with Gasteiger partial charge in [-0.1, -0.05) is 60.7 Å². The Labute approximate surface area is 195 Å². The van der Waals surface area contributed by atoms with Gasteiger partial charge in [-0.15, -0.1) is 0 Å². The molecule has 0 bridgehead atoms. The van der Waals surface area contributed by atoms with Gasteiger partial charge >= 0.3 is 12.1 Å². The fourth-order valence-corrected chi connectivity index (χ4v) is 4.74. The summed E-state index contributed by atoms with van der Waals surface area (Å²) in [4.78, 5) is 30.5. The number of amides is 1. The van der Waals surface area contributed by atoms with E-state index in [9.17, 15) is 14.7 Å².